The van der Waals surface area contributed by atoms with Crippen molar-refractivity contribution in [2.75, 3.05) is 24.9 Å². The van der Waals surface area contributed by atoms with E-state index in [4.69, 9.17) is 32.7 Å². The summed E-state index contributed by atoms with van der Waals surface area (Å²) < 4.78 is 25.3. The van der Waals surface area contributed by atoms with Gasteiger partial charge < -0.3 is 20.1 Å². The summed E-state index contributed by atoms with van der Waals surface area (Å²) in [6.07, 6.45) is 2.73. The monoisotopic (exact) mass is 527 g/mol. The molecule has 0 aliphatic rings. The Balaban J connectivity index is 2.01. The van der Waals surface area contributed by atoms with Crippen molar-refractivity contribution in [1.29, 1.82) is 0 Å². The van der Waals surface area contributed by atoms with Crippen molar-refractivity contribution in [3.05, 3.63) is 83.1 Å². The maximum absolute atomic E-state index is 14.5. The van der Waals surface area contributed by atoms with Crippen LogP contribution in [0, 0.1) is 5.82 Å². The van der Waals surface area contributed by atoms with E-state index in [2.05, 4.69) is 28.8 Å². The molecule has 0 spiro atoms. The van der Waals surface area contributed by atoms with Gasteiger partial charge in [0.05, 0.1) is 41.3 Å². The minimum Gasteiger partial charge on any atom is -0.495 e. The number of aliphatic imine (C=N–C) groups is 1. The Hall–Kier alpha value is -3.81. The van der Waals surface area contributed by atoms with Crippen LogP contribution in [0.4, 0.5) is 21.5 Å². The molecular weight excluding hydrogens is 504 g/mol. The average molecular weight is 528 g/mol. The van der Waals surface area contributed by atoms with Crippen molar-refractivity contribution in [1.82, 2.24) is 0 Å². The summed E-state index contributed by atoms with van der Waals surface area (Å²) in [5.41, 5.74) is 2.81. The number of ether oxygens (including phenoxy) is 2. The lowest BCUT2D eigenvalue weighted by molar-refractivity contribution is -0.111. The molecule has 9 heteroatoms. The summed E-state index contributed by atoms with van der Waals surface area (Å²) in [5, 5.41) is 6.16. The van der Waals surface area contributed by atoms with Crippen LogP contribution < -0.4 is 20.1 Å². The van der Waals surface area contributed by atoms with Crippen molar-refractivity contribution in [3.8, 4) is 22.6 Å². The van der Waals surface area contributed by atoms with Crippen molar-refractivity contribution >= 4 is 58.1 Å². The number of nitrogens with one attached hydrogen (secondary N) is 2. The molecule has 3 aromatic rings. The van der Waals surface area contributed by atoms with E-state index in [1.165, 1.54) is 26.4 Å². The zero-order chi connectivity index (χ0) is 26.4. The summed E-state index contributed by atoms with van der Waals surface area (Å²) in [5.74, 6) is 0.194. The molecule has 36 heavy (non-hydrogen) atoms. The topological polar surface area (TPSA) is 72.0 Å². The molecule has 3 aromatic carbocycles. The molecule has 3 rings (SSSR count). The van der Waals surface area contributed by atoms with E-state index in [9.17, 15) is 9.18 Å². The molecule has 186 valence electrons. The largest absolute Gasteiger partial charge is 0.495 e. The zero-order valence-corrected chi connectivity index (χ0v) is 21.4. The lowest BCUT2D eigenvalue weighted by Crippen LogP contribution is -2.14. The van der Waals surface area contributed by atoms with E-state index in [0.717, 1.165) is 6.08 Å². The van der Waals surface area contributed by atoms with Gasteiger partial charge in [-0.15, -0.1) is 0 Å². The van der Waals surface area contributed by atoms with Crippen LogP contribution in [0.15, 0.2) is 66.7 Å². The Bertz CT molecular complexity index is 1340. The highest BCUT2D eigenvalue weighted by Gasteiger charge is 2.19. The third-order valence-electron chi connectivity index (χ3n) is 5.16. The number of carbonyl (C=O) groups is 1. The minimum absolute atomic E-state index is 0.0766. The van der Waals surface area contributed by atoms with Crippen molar-refractivity contribution < 1.29 is 18.7 Å². The highest BCUT2D eigenvalue weighted by molar-refractivity contribution is 6.41. The molecule has 2 N–H and O–H groups in total. The first-order valence-electron chi connectivity index (χ1n) is 10.6. The Morgan fingerprint density at radius 1 is 1.03 bits per heavy atom. The SMILES string of the molecule is C=CC(=O)Nc1cccc(F)c1N/C(C)=N/c1ccc(-c2c(Cl)c(OC)cc(OC)c2Cl)cc1C=C. The standard InChI is InChI=1S/C27H24Cl2FN3O3/c1-6-16-13-17(24-25(28)21(35-4)14-22(36-5)26(24)29)11-12-19(16)31-15(3)32-27-18(30)9-8-10-20(27)33-23(34)7-2/h6-14H,1-2H2,3-5H3,(H,31,32)(H,33,34). The highest BCUT2D eigenvalue weighted by atomic mass is 35.5. The molecule has 6 nitrogen and oxygen atoms in total. The van der Waals surface area contributed by atoms with Crippen molar-refractivity contribution in [3.63, 3.8) is 0 Å². The highest BCUT2D eigenvalue weighted by Crippen LogP contribution is 2.46. The molecule has 0 aliphatic carbocycles. The Morgan fingerprint density at radius 2 is 1.69 bits per heavy atom. The molecule has 0 bridgehead atoms. The fourth-order valence-electron chi connectivity index (χ4n) is 3.44. The van der Waals surface area contributed by atoms with Crippen LogP contribution in [0.2, 0.25) is 10.0 Å². The number of nitrogens with zero attached hydrogens (tertiary/aromatic N) is 1. The maximum atomic E-state index is 14.5. The van der Waals surface area contributed by atoms with E-state index in [1.54, 1.807) is 37.3 Å². The van der Waals surface area contributed by atoms with Gasteiger partial charge in [-0.2, -0.15) is 0 Å². The van der Waals surface area contributed by atoms with Gasteiger partial charge in [0.2, 0.25) is 5.91 Å². The molecule has 1 amide bonds. The van der Waals surface area contributed by atoms with Gasteiger partial charge in [0.25, 0.3) is 0 Å². The number of halogens is 3. The van der Waals surface area contributed by atoms with E-state index >= 15 is 0 Å². The quantitative estimate of drug-likeness (QED) is 0.178. The number of anilines is 2. The molecule has 0 radical (unpaired) electrons. The second-order valence-corrected chi connectivity index (χ2v) is 8.20. The number of para-hydroxylation sites is 1. The predicted molar refractivity (Wildman–Crippen MR) is 147 cm³/mol. The molecule has 0 unspecified atom stereocenters. The lowest BCUT2D eigenvalue weighted by atomic mass is 10.0. The second-order valence-electron chi connectivity index (χ2n) is 7.44. The van der Waals surface area contributed by atoms with Crippen LogP contribution >= 0.6 is 23.2 Å². The average Bonchev–Trinajstić information content (AvgIpc) is 2.87. The van der Waals surface area contributed by atoms with Crippen molar-refractivity contribution in [2.24, 2.45) is 4.99 Å². The first kappa shape index (κ1) is 26.8. The molecule has 0 atom stereocenters. The predicted octanol–water partition coefficient (Wildman–Crippen LogP) is 7.75. The first-order chi connectivity index (χ1) is 17.2. The van der Waals surface area contributed by atoms with Gasteiger partial charge in [0.15, 0.2) is 0 Å². The molecular formula is C27H24Cl2FN3O3. The summed E-state index contributed by atoms with van der Waals surface area (Å²) >= 11 is 13.1. The number of benzene rings is 3. The van der Waals surface area contributed by atoms with Crippen molar-refractivity contribution in [2.45, 2.75) is 6.92 Å². The molecule has 0 heterocycles. The number of methoxy groups -OCH3 is 2. The van der Waals surface area contributed by atoms with Crippen LogP contribution in [-0.4, -0.2) is 26.0 Å². The summed E-state index contributed by atoms with van der Waals surface area (Å²) in [7, 11) is 3.01. The van der Waals surface area contributed by atoms with Crippen LogP contribution in [-0.2, 0) is 4.79 Å². The Morgan fingerprint density at radius 3 is 2.28 bits per heavy atom. The maximum Gasteiger partial charge on any atom is 0.247 e. The van der Waals surface area contributed by atoms with Gasteiger partial charge in [0.1, 0.15) is 23.2 Å². The Kier molecular flexibility index (Phi) is 8.74. The van der Waals surface area contributed by atoms with Gasteiger partial charge in [-0.05, 0) is 42.8 Å². The van der Waals surface area contributed by atoms with E-state index in [0.29, 0.717) is 49.8 Å². The van der Waals surface area contributed by atoms with Crippen LogP contribution in [0.25, 0.3) is 17.2 Å². The normalized spacial score (nSPS) is 11.0. The zero-order valence-electron chi connectivity index (χ0n) is 19.9. The number of rotatable bonds is 8. The summed E-state index contributed by atoms with van der Waals surface area (Å²) in [4.78, 5) is 16.3. The third-order valence-corrected chi connectivity index (χ3v) is 5.91. The minimum atomic E-state index is -0.554. The number of amides is 1. The molecule has 0 saturated heterocycles. The van der Waals surface area contributed by atoms with Gasteiger partial charge in [-0.1, -0.05) is 54.6 Å². The van der Waals surface area contributed by atoms with Crippen LogP contribution in [0.1, 0.15) is 12.5 Å². The third kappa shape index (κ3) is 5.70. The smallest absolute Gasteiger partial charge is 0.247 e. The van der Waals surface area contributed by atoms with Gasteiger partial charge in [-0.3, -0.25) is 4.79 Å². The number of hydrogen-bond acceptors (Lipinski definition) is 4. The van der Waals surface area contributed by atoms with E-state index < -0.39 is 11.7 Å². The first-order valence-corrected chi connectivity index (χ1v) is 11.4. The van der Waals surface area contributed by atoms with E-state index in [-0.39, 0.29) is 11.4 Å². The second kappa shape index (κ2) is 11.7. The molecule has 0 aromatic heterocycles. The van der Waals surface area contributed by atoms with Crippen LogP contribution in [0.3, 0.4) is 0 Å². The fraction of sp³-hybridized carbons (Fsp3) is 0.111. The molecule has 0 fully saturated rings. The van der Waals surface area contributed by atoms with Gasteiger partial charge in [0, 0.05) is 17.2 Å². The Labute approximate surface area is 219 Å². The molecule has 0 aliphatic heterocycles. The number of amidine groups is 1. The van der Waals surface area contributed by atoms with E-state index in [1.807, 2.05) is 6.07 Å². The van der Waals surface area contributed by atoms with Crippen LogP contribution in [0.5, 0.6) is 11.5 Å². The van der Waals surface area contributed by atoms with Gasteiger partial charge >= 0.3 is 0 Å². The summed E-state index contributed by atoms with van der Waals surface area (Å²) in [6, 6.07) is 11.3. The number of carbonyl (C=O) groups excluding carboxylic acids is 1. The fourth-order valence-corrected chi connectivity index (χ4v) is 4.16. The summed E-state index contributed by atoms with van der Waals surface area (Å²) in [6.45, 7) is 8.97. The lowest BCUT2D eigenvalue weighted by Gasteiger charge is -2.16. The van der Waals surface area contributed by atoms with Gasteiger partial charge in [-0.25, -0.2) is 9.38 Å². The molecule has 0 saturated carbocycles. The number of hydrogen-bond donors (Lipinski definition) is 2.